The predicted molar refractivity (Wildman–Crippen MR) is 148 cm³/mol. The van der Waals surface area contributed by atoms with Gasteiger partial charge in [-0.15, -0.1) is 0 Å². The summed E-state index contributed by atoms with van der Waals surface area (Å²) >= 11 is 1.90. The molecule has 8 rings (SSSR count). The van der Waals surface area contributed by atoms with E-state index in [2.05, 4.69) is 101 Å². The third-order valence-electron chi connectivity index (χ3n) is 8.32. The fourth-order valence-electron chi connectivity index (χ4n) is 6.88. The van der Waals surface area contributed by atoms with Crippen molar-refractivity contribution in [2.75, 3.05) is 31.1 Å². The van der Waals surface area contributed by atoms with Crippen molar-refractivity contribution in [1.82, 2.24) is 4.90 Å². The molecule has 0 atom stereocenters. The van der Waals surface area contributed by atoms with Crippen LogP contribution in [0.25, 0.3) is 11.1 Å². The van der Waals surface area contributed by atoms with Crippen LogP contribution in [0.1, 0.15) is 35.1 Å². The summed E-state index contributed by atoms with van der Waals surface area (Å²) in [5, 5.41) is 0. The lowest BCUT2D eigenvalue weighted by atomic mass is 9.67. The molecule has 0 unspecified atom stereocenters. The molecule has 1 aliphatic carbocycles. The van der Waals surface area contributed by atoms with E-state index in [-0.39, 0.29) is 5.41 Å². The van der Waals surface area contributed by atoms with Gasteiger partial charge in [-0.3, -0.25) is 4.99 Å². The van der Waals surface area contributed by atoms with E-state index in [9.17, 15) is 0 Å². The van der Waals surface area contributed by atoms with Gasteiger partial charge in [-0.1, -0.05) is 78.5 Å². The maximum absolute atomic E-state index is 4.98. The fraction of sp³-hybridized carbons (Fsp3) is 0.219. The van der Waals surface area contributed by atoms with Crippen LogP contribution < -0.4 is 4.90 Å². The Labute approximate surface area is 216 Å². The Morgan fingerprint density at radius 3 is 2.11 bits per heavy atom. The van der Waals surface area contributed by atoms with Crippen LogP contribution in [-0.2, 0) is 5.41 Å². The molecule has 1 spiro atoms. The molecular formula is C32H27N3S. The number of anilines is 1. The predicted octanol–water partition coefficient (Wildman–Crippen LogP) is 6.79. The highest BCUT2D eigenvalue weighted by molar-refractivity contribution is 7.99. The van der Waals surface area contributed by atoms with Crippen molar-refractivity contribution in [2.45, 2.75) is 28.0 Å². The van der Waals surface area contributed by atoms with Crippen LogP contribution in [-0.4, -0.2) is 37.0 Å². The molecule has 36 heavy (non-hydrogen) atoms. The number of hydrogen-bond acceptors (Lipinski definition) is 4. The summed E-state index contributed by atoms with van der Waals surface area (Å²) in [5.41, 5.74) is 9.24. The molecule has 0 bridgehead atoms. The second-order valence-corrected chi connectivity index (χ2v) is 11.2. The Balaban J connectivity index is 1.43. The molecule has 0 aromatic heterocycles. The first kappa shape index (κ1) is 20.7. The molecule has 3 nitrogen and oxygen atoms in total. The summed E-state index contributed by atoms with van der Waals surface area (Å²) in [5.74, 6) is 1.16. The zero-order valence-electron chi connectivity index (χ0n) is 20.2. The molecule has 0 saturated carbocycles. The van der Waals surface area contributed by atoms with Crippen molar-refractivity contribution in [2.24, 2.45) is 4.99 Å². The van der Waals surface area contributed by atoms with Crippen LogP contribution in [0.4, 0.5) is 5.69 Å². The lowest BCUT2D eigenvalue weighted by Gasteiger charge is -2.42. The maximum atomic E-state index is 4.98. The van der Waals surface area contributed by atoms with Crippen molar-refractivity contribution in [3.63, 3.8) is 0 Å². The maximum Gasteiger partial charge on any atom is 0.201 e. The molecule has 4 aromatic carbocycles. The highest BCUT2D eigenvalue weighted by Gasteiger charge is 2.50. The molecule has 176 valence electrons. The van der Waals surface area contributed by atoms with Crippen LogP contribution in [0.5, 0.6) is 0 Å². The van der Waals surface area contributed by atoms with E-state index >= 15 is 0 Å². The highest BCUT2D eigenvalue weighted by atomic mass is 32.2. The van der Waals surface area contributed by atoms with E-state index in [1.54, 1.807) is 0 Å². The normalized spacial score (nSPS) is 18.6. The SMILES string of the molecule is c1ccc2c(c1)Sc1ccccc1C21c2ccccc2-c2ccc(N3CCCN4CCCN=C43)cc21. The van der Waals surface area contributed by atoms with Gasteiger partial charge in [0.25, 0.3) is 0 Å². The van der Waals surface area contributed by atoms with Crippen molar-refractivity contribution >= 4 is 23.4 Å². The lowest BCUT2D eigenvalue weighted by Crippen LogP contribution is -2.52. The van der Waals surface area contributed by atoms with E-state index in [1.807, 2.05) is 11.8 Å². The van der Waals surface area contributed by atoms with Gasteiger partial charge in [0.1, 0.15) is 0 Å². The fourth-order valence-corrected chi connectivity index (χ4v) is 8.08. The van der Waals surface area contributed by atoms with Crippen molar-refractivity contribution < 1.29 is 0 Å². The molecule has 0 N–H and O–H groups in total. The van der Waals surface area contributed by atoms with E-state index in [1.165, 1.54) is 55.3 Å². The minimum atomic E-state index is -0.315. The van der Waals surface area contributed by atoms with Crippen LogP contribution in [0.3, 0.4) is 0 Å². The number of guanidine groups is 1. The van der Waals surface area contributed by atoms with Crippen LogP contribution in [0.2, 0.25) is 0 Å². The number of rotatable bonds is 1. The van der Waals surface area contributed by atoms with Gasteiger partial charge in [0.05, 0.1) is 5.41 Å². The van der Waals surface area contributed by atoms with Gasteiger partial charge in [0, 0.05) is 41.7 Å². The van der Waals surface area contributed by atoms with Crippen LogP contribution in [0, 0.1) is 0 Å². The molecule has 0 amide bonds. The minimum absolute atomic E-state index is 0.315. The molecule has 0 radical (unpaired) electrons. The topological polar surface area (TPSA) is 18.8 Å². The van der Waals surface area contributed by atoms with Gasteiger partial charge >= 0.3 is 0 Å². The Bertz CT molecular complexity index is 1510. The Hall–Kier alpha value is -3.50. The third-order valence-corrected chi connectivity index (χ3v) is 9.47. The summed E-state index contributed by atoms with van der Waals surface area (Å²) in [6, 6.07) is 34.3. The second kappa shape index (κ2) is 7.75. The molecule has 3 heterocycles. The minimum Gasteiger partial charge on any atom is -0.342 e. The van der Waals surface area contributed by atoms with E-state index in [0.29, 0.717) is 0 Å². The molecule has 3 aliphatic heterocycles. The number of nitrogens with zero attached hydrogens (tertiary/aromatic N) is 3. The highest BCUT2D eigenvalue weighted by Crippen LogP contribution is 2.62. The summed E-state index contributed by atoms with van der Waals surface area (Å²) in [6.45, 7) is 4.19. The number of aliphatic imine (C=N–C) groups is 1. The quantitative estimate of drug-likeness (QED) is 0.256. The van der Waals surface area contributed by atoms with Gasteiger partial charge in [-0.05, 0) is 70.5 Å². The summed E-state index contributed by atoms with van der Waals surface area (Å²) in [6.07, 6.45) is 2.33. The van der Waals surface area contributed by atoms with Gasteiger partial charge in [-0.25, -0.2) is 0 Å². The number of benzene rings is 4. The molecule has 1 fully saturated rings. The van der Waals surface area contributed by atoms with Gasteiger partial charge in [0.15, 0.2) is 0 Å². The zero-order valence-corrected chi connectivity index (χ0v) is 21.0. The monoisotopic (exact) mass is 485 g/mol. The smallest absolute Gasteiger partial charge is 0.201 e. The van der Waals surface area contributed by atoms with Crippen molar-refractivity contribution in [3.8, 4) is 11.1 Å². The Morgan fingerprint density at radius 2 is 1.31 bits per heavy atom. The molecule has 1 saturated heterocycles. The Kier molecular flexibility index (Phi) is 4.45. The van der Waals surface area contributed by atoms with Gasteiger partial charge in [0.2, 0.25) is 5.96 Å². The van der Waals surface area contributed by atoms with Crippen molar-refractivity contribution in [3.05, 3.63) is 113 Å². The van der Waals surface area contributed by atoms with E-state index < -0.39 is 0 Å². The summed E-state index contributed by atoms with van der Waals surface area (Å²) < 4.78 is 0. The van der Waals surface area contributed by atoms with Gasteiger partial charge < -0.3 is 9.80 Å². The molecule has 4 aromatic rings. The average Bonchev–Trinajstić information content (AvgIpc) is 3.23. The molecule has 4 heteroatoms. The number of hydrogen-bond donors (Lipinski definition) is 0. The van der Waals surface area contributed by atoms with E-state index in [0.717, 1.165) is 38.6 Å². The van der Waals surface area contributed by atoms with Crippen LogP contribution >= 0.6 is 11.8 Å². The Morgan fingerprint density at radius 1 is 0.639 bits per heavy atom. The number of fused-ring (bicyclic) bond motifs is 10. The average molecular weight is 486 g/mol. The first-order chi connectivity index (χ1) is 17.9. The first-order valence-corrected chi connectivity index (χ1v) is 13.9. The standard InChI is InChI=1S/C32H27N3S/c1-2-10-25-23(9-1)24-16-15-22(35-20-8-19-34-18-7-17-33-31(34)35)21-28(24)32(25)26-11-3-5-13-29(26)36-30-14-6-4-12-27(30)32/h1-6,9-16,21H,7-8,17-20H2. The van der Waals surface area contributed by atoms with Gasteiger partial charge in [-0.2, -0.15) is 0 Å². The van der Waals surface area contributed by atoms with E-state index in [4.69, 9.17) is 4.99 Å². The lowest BCUT2D eigenvalue weighted by molar-refractivity contribution is 0.360. The van der Waals surface area contributed by atoms with Crippen LogP contribution in [0.15, 0.2) is 106 Å². The largest absolute Gasteiger partial charge is 0.342 e. The first-order valence-electron chi connectivity index (χ1n) is 13.0. The second-order valence-electron chi connectivity index (χ2n) is 10.1. The van der Waals surface area contributed by atoms with Crippen molar-refractivity contribution in [1.29, 1.82) is 0 Å². The third kappa shape index (κ3) is 2.68. The zero-order chi connectivity index (χ0) is 23.7. The molecular weight excluding hydrogens is 458 g/mol. The summed E-state index contributed by atoms with van der Waals surface area (Å²) in [7, 11) is 0. The summed E-state index contributed by atoms with van der Waals surface area (Å²) in [4.78, 5) is 12.6. The molecule has 4 aliphatic rings.